The smallest absolute Gasteiger partial charge is 0.238 e. The van der Waals surface area contributed by atoms with Crippen molar-refractivity contribution in [1.29, 1.82) is 0 Å². The first-order chi connectivity index (χ1) is 9.90. The Labute approximate surface area is 131 Å². The molecule has 0 aliphatic heterocycles. The topological polar surface area (TPSA) is 72.2 Å². The molecule has 3 N–H and O–H groups in total. The SMILES string of the molecule is CCS[C@@H]1CC[C@@H](N[C@@H](C)c2ccc(S(N)(=O)=O)cc2)C1. The first-order valence-electron chi connectivity index (χ1n) is 7.40. The van der Waals surface area contributed by atoms with Gasteiger partial charge in [-0.3, -0.25) is 0 Å². The average Bonchev–Trinajstić information content (AvgIpc) is 2.86. The minimum Gasteiger partial charge on any atom is -0.307 e. The van der Waals surface area contributed by atoms with Crippen molar-refractivity contribution >= 4 is 21.8 Å². The van der Waals surface area contributed by atoms with Crippen molar-refractivity contribution in [3.05, 3.63) is 29.8 Å². The van der Waals surface area contributed by atoms with Crippen molar-refractivity contribution in [3.63, 3.8) is 0 Å². The molecule has 1 fully saturated rings. The van der Waals surface area contributed by atoms with Gasteiger partial charge in [-0.2, -0.15) is 11.8 Å². The second kappa shape index (κ2) is 7.13. The van der Waals surface area contributed by atoms with E-state index in [9.17, 15) is 8.42 Å². The predicted octanol–water partition coefficient (Wildman–Crippen LogP) is 2.66. The number of thioether (sulfide) groups is 1. The zero-order valence-corrected chi connectivity index (χ0v) is 14.2. The lowest BCUT2D eigenvalue weighted by Gasteiger charge is -2.20. The zero-order valence-electron chi connectivity index (χ0n) is 12.6. The summed E-state index contributed by atoms with van der Waals surface area (Å²) in [5.41, 5.74) is 1.09. The Bertz CT molecular complexity index is 558. The van der Waals surface area contributed by atoms with Gasteiger partial charge in [-0.15, -0.1) is 0 Å². The highest BCUT2D eigenvalue weighted by molar-refractivity contribution is 7.99. The molecular formula is C15H24N2O2S2. The van der Waals surface area contributed by atoms with Crippen LogP contribution in [0.5, 0.6) is 0 Å². The average molecular weight is 329 g/mol. The molecule has 0 heterocycles. The number of sulfonamides is 1. The molecule has 1 saturated carbocycles. The van der Waals surface area contributed by atoms with Crippen LogP contribution in [0.25, 0.3) is 0 Å². The quantitative estimate of drug-likeness (QED) is 0.842. The molecule has 1 aromatic carbocycles. The third-order valence-electron chi connectivity index (χ3n) is 3.98. The van der Waals surface area contributed by atoms with Gasteiger partial charge in [0.1, 0.15) is 0 Å². The summed E-state index contributed by atoms with van der Waals surface area (Å²) in [5.74, 6) is 1.18. The number of nitrogens with two attached hydrogens (primary N) is 1. The van der Waals surface area contributed by atoms with Gasteiger partial charge < -0.3 is 5.32 Å². The minimum absolute atomic E-state index is 0.165. The van der Waals surface area contributed by atoms with Crippen molar-refractivity contribution in [1.82, 2.24) is 5.32 Å². The summed E-state index contributed by atoms with van der Waals surface area (Å²) in [6.07, 6.45) is 3.72. The number of primary sulfonamides is 1. The standard InChI is InChI=1S/C15H24N2O2S2/c1-3-20-14-7-6-13(10-14)17-11(2)12-4-8-15(9-5-12)21(16,18)19/h4-5,8-9,11,13-14,17H,3,6-7,10H2,1-2H3,(H2,16,18,19)/t11-,13+,14+/m0/s1. The van der Waals surface area contributed by atoms with Gasteiger partial charge in [0.2, 0.25) is 10.0 Å². The van der Waals surface area contributed by atoms with Crippen molar-refractivity contribution < 1.29 is 8.42 Å². The molecule has 0 bridgehead atoms. The van der Waals surface area contributed by atoms with E-state index in [0.717, 1.165) is 10.8 Å². The molecule has 0 unspecified atom stereocenters. The number of nitrogens with one attached hydrogen (secondary N) is 1. The molecule has 0 radical (unpaired) electrons. The maximum Gasteiger partial charge on any atom is 0.238 e. The summed E-state index contributed by atoms with van der Waals surface area (Å²) in [6.45, 7) is 4.33. The van der Waals surface area contributed by atoms with Gasteiger partial charge in [0, 0.05) is 17.3 Å². The lowest BCUT2D eigenvalue weighted by molar-refractivity contribution is 0.462. The first kappa shape index (κ1) is 16.8. The Morgan fingerprint density at radius 2 is 2.00 bits per heavy atom. The molecule has 0 amide bonds. The molecular weight excluding hydrogens is 304 g/mol. The van der Waals surface area contributed by atoms with Crippen molar-refractivity contribution in [2.45, 2.75) is 55.3 Å². The van der Waals surface area contributed by atoms with E-state index in [1.807, 2.05) is 23.9 Å². The molecule has 3 atom stereocenters. The van der Waals surface area contributed by atoms with E-state index in [2.05, 4.69) is 19.2 Å². The lowest BCUT2D eigenvalue weighted by atomic mass is 10.1. The van der Waals surface area contributed by atoms with Gasteiger partial charge in [-0.05, 0) is 49.6 Å². The van der Waals surface area contributed by atoms with Gasteiger partial charge in [-0.1, -0.05) is 19.1 Å². The van der Waals surface area contributed by atoms with Crippen molar-refractivity contribution in [2.75, 3.05) is 5.75 Å². The lowest BCUT2D eigenvalue weighted by Crippen LogP contribution is -2.29. The van der Waals surface area contributed by atoms with Crippen LogP contribution in [-0.4, -0.2) is 25.5 Å². The fourth-order valence-corrected chi connectivity index (χ4v) is 4.53. The van der Waals surface area contributed by atoms with E-state index in [-0.39, 0.29) is 10.9 Å². The van der Waals surface area contributed by atoms with E-state index >= 15 is 0 Å². The van der Waals surface area contributed by atoms with E-state index in [0.29, 0.717) is 6.04 Å². The molecule has 0 spiro atoms. The molecule has 4 nitrogen and oxygen atoms in total. The van der Waals surface area contributed by atoms with Crippen LogP contribution in [0.2, 0.25) is 0 Å². The maximum absolute atomic E-state index is 11.3. The number of benzene rings is 1. The largest absolute Gasteiger partial charge is 0.307 e. The van der Waals surface area contributed by atoms with Gasteiger partial charge >= 0.3 is 0 Å². The Balaban J connectivity index is 1.93. The highest BCUT2D eigenvalue weighted by Gasteiger charge is 2.25. The van der Waals surface area contributed by atoms with Crippen LogP contribution in [0, 0.1) is 0 Å². The number of hydrogen-bond donors (Lipinski definition) is 2. The highest BCUT2D eigenvalue weighted by atomic mass is 32.2. The maximum atomic E-state index is 11.3. The number of rotatable bonds is 6. The highest BCUT2D eigenvalue weighted by Crippen LogP contribution is 2.31. The monoisotopic (exact) mass is 328 g/mol. The molecule has 118 valence electrons. The van der Waals surface area contributed by atoms with E-state index in [1.54, 1.807) is 12.1 Å². The molecule has 1 aromatic rings. The van der Waals surface area contributed by atoms with Gasteiger partial charge in [-0.25, -0.2) is 13.6 Å². The first-order valence-corrected chi connectivity index (χ1v) is 10.00. The van der Waals surface area contributed by atoms with Crippen LogP contribution in [0.1, 0.15) is 44.7 Å². The molecule has 21 heavy (non-hydrogen) atoms. The summed E-state index contributed by atoms with van der Waals surface area (Å²) in [7, 11) is -3.60. The van der Waals surface area contributed by atoms with Crippen molar-refractivity contribution in [2.24, 2.45) is 5.14 Å². The van der Waals surface area contributed by atoms with Crippen LogP contribution in [0.4, 0.5) is 0 Å². The van der Waals surface area contributed by atoms with Gasteiger partial charge in [0.05, 0.1) is 4.90 Å². The summed E-state index contributed by atoms with van der Waals surface area (Å²) in [4.78, 5) is 0.165. The fourth-order valence-electron chi connectivity index (χ4n) is 2.87. The molecule has 1 aliphatic carbocycles. The van der Waals surface area contributed by atoms with Gasteiger partial charge in [0.15, 0.2) is 0 Å². The van der Waals surface area contributed by atoms with Crippen LogP contribution in [-0.2, 0) is 10.0 Å². The number of hydrogen-bond acceptors (Lipinski definition) is 4. The summed E-state index contributed by atoms with van der Waals surface area (Å²) < 4.78 is 22.5. The summed E-state index contributed by atoms with van der Waals surface area (Å²) in [6, 6.07) is 7.60. The molecule has 6 heteroatoms. The predicted molar refractivity (Wildman–Crippen MR) is 88.9 cm³/mol. The fraction of sp³-hybridized carbons (Fsp3) is 0.600. The Kier molecular flexibility index (Phi) is 5.71. The second-order valence-corrected chi connectivity index (χ2v) is 8.73. The van der Waals surface area contributed by atoms with Crippen LogP contribution >= 0.6 is 11.8 Å². The van der Waals surface area contributed by atoms with E-state index in [4.69, 9.17) is 5.14 Å². The Morgan fingerprint density at radius 3 is 2.57 bits per heavy atom. The van der Waals surface area contributed by atoms with E-state index in [1.165, 1.54) is 25.0 Å². The molecule has 2 rings (SSSR count). The molecule has 0 aromatic heterocycles. The normalized spacial score (nSPS) is 24.1. The third kappa shape index (κ3) is 4.71. The van der Waals surface area contributed by atoms with E-state index < -0.39 is 10.0 Å². The van der Waals surface area contributed by atoms with Crippen LogP contribution in [0.15, 0.2) is 29.2 Å². The molecule has 0 saturated heterocycles. The summed E-state index contributed by atoms with van der Waals surface area (Å²) in [5, 5.41) is 9.54. The van der Waals surface area contributed by atoms with Gasteiger partial charge in [0.25, 0.3) is 0 Å². The second-order valence-electron chi connectivity index (χ2n) is 5.59. The van der Waals surface area contributed by atoms with Crippen LogP contribution < -0.4 is 10.5 Å². The Morgan fingerprint density at radius 1 is 1.33 bits per heavy atom. The van der Waals surface area contributed by atoms with Crippen LogP contribution in [0.3, 0.4) is 0 Å². The summed E-state index contributed by atoms with van der Waals surface area (Å²) >= 11 is 2.05. The minimum atomic E-state index is -3.60. The molecule has 1 aliphatic rings. The Hall–Kier alpha value is -0.560. The third-order valence-corrected chi connectivity index (χ3v) is 6.14. The zero-order chi connectivity index (χ0) is 15.5. The van der Waals surface area contributed by atoms with Crippen molar-refractivity contribution in [3.8, 4) is 0 Å².